The molecule has 47 heavy (non-hydrogen) atoms. The third-order valence-electron chi connectivity index (χ3n) is 8.36. The number of hydrogen-bond acceptors (Lipinski definition) is 6. The Bertz CT molecular complexity index is 2520. The molecule has 6 heteroatoms. The van der Waals surface area contributed by atoms with Gasteiger partial charge in [0.2, 0.25) is 5.71 Å². The molecule has 0 saturated heterocycles. The van der Waals surface area contributed by atoms with E-state index < -0.39 is 0 Å². The molecule has 4 aromatic heterocycles. The Kier molecular flexibility index (Phi) is 6.35. The first-order valence-corrected chi connectivity index (χ1v) is 15.4. The molecule has 0 aliphatic heterocycles. The smallest absolute Gasteiger partial charge is 0.227 e. The molecule has 0 amide bonds. The fraction of sp³-hybridized carbons (Fsp3) is 0. The van der Waals surface area contributed by atoms with E-state index in [-0.39, 0.29) is 0 Å². The summed E-state index contributed by atoms with van der Waals surface area (Å²) in [6.45, 7) is 0. The first kappa shape index (κ1) is 26.8. The lowest BCUT2D eigenvalue weighted by Crippen LogP contribution is -2.00. The minimum absolute atomic E-state index is 0.601. The summed E-state index contributed by atoms with van der Waals surface area (Å²) >= 11 is 0. The fourth-order valence-electron chi connectivity index (χ4n) is 6.03. The van der Waals surface area contributed by atoms with E-state index in [1.54, 1.807) is 0 Å². The molecule has 0 radical (unpaired) electrons. The molecule has 0 spiro atoms. The Morgan fingerprint density at radius 2 is 1.00 bits per heavy atom. The number of aromatic nitrogens is 5. The summed E-state index contributed by atoms with van der Waals surface area (Å²) in [7, 11) is 0. The van der Waals surface area contributed by atoms with Crippen molar-refractivity contribution in [3.8, 4) is 56.7 Å². The van der Waals surface area contributed by atoms with Gasteiger partial charge in [0.25, 0.3) is 0 Å². The van der Waals surface area contributed by atoms with Crippen LogP contribution in [0.2, 0.25) is 0 Å². The molecular weight excluding hydrogens is 578 g/mol. The molecule has 0 bridgehead atoms. The topological polar surface area (TPSA) is 77.6 Å². The number of pyridine rings is 2. The van der Waals surface area contributed by atoms with Crippen LogP contribution in [-0.4, -0.2) is 24.9 Å². The van der Waals surface area contributed by atoms with E-state index in [9.17, 15) is 0 Å². The summed E-state index contributed by atoms with van der Waals surface area (Å²) in [5, 5.41) is 3.09. The van der Waals surface area contributed by atoms with Gasteiger partial charge >= 0.3 is 0 Å². The van der Waals surface area contributed by atoms with Crippen molar-refractivity contribution >= 4 is 33.0 Å². The van der Waals surface area contributed by atoms with Crippen LogP contribution in [0.25, 0.3) is 89.7 Å². The van der Waals surface area contributed by atoms with Gasteiger partial charge in [0.1, 0.15) is 5.58 Å². The van der Waals surface area contributed by atoms with Gasteiger partial charge in [-0.25, -0.2) is 24.9 Å². The van der Waals surface area contributed by atoms with Crippen LogP contribution in [0.3, 0.4) is 0 Å². The van der Waals surface area contributed by atoms with Crippen molar-refractivity contribution in [2.45, 2.75) is 0 Å². The number of rotatable bonds is 5. The van der Waals surface area contributed by atoms with Crippen molar-refractivity contribution in [1.29, 1.82) is 0 Å². The maximum absolute atomic E-state index is 6.10. The average Bonchev–Trinajstić information content (AvgIpc) is 3.53. The zero-order valence-corrected chi connectivity index (χ0v) is 25.1. The molecule has 0 fully saturated rings. The van der Waals surface area contributed by atoms with Crippen LogP contribution in [0.5, 0.6) is 0 Å². The van der Waals surface area contributed by atoms with E-state index in [0.29, 0.717) is 23.2 Å². The number of benzene rings is 5. The van der Waals surface area contributed by atoms with Crippen molar-refractivity contribution < 1.29 is 4.42 Å². The largest absolute Gasteiger partial charge is 0.438 e. The van der Waals surface area contributed by atoms with E-state index in [2.05, 4.69) is 48.5 Å². The Hall–Kier alpha value is -6.53. The minimum Gasteiger partial charge on any atom is -0.438 e. The SMILES string of the molecule is c1ccc(-c2nc(-c3ccccc3)nc(-c3cccc(-c4ccc5cccc(-c6ccc7c(n6)oc6ccccc67)c5n4)c3)n2)cc1. The van der Waals surface area contributed by atoms with Crippen molar-refractivity contribution in [3.05, 3.63) is 152 Å². The predicted octanol–water partition coefficient (Wildman–Crippen LogP) is 10.0. The monoisotopic (exact) mass is 603 g/mol. The molecule has 220 valence electrons. The first-order chi connectivity index (χ1) is 23.3. The Morgan fingerprint density at radius 3 is 1.77 bits per heavy atom. The van der Waals surface area contributed by atoms with Gasteiger partial charge < -0.3 is 4.42 Å². The first-order valence-electron chi connectivity index (χ1n) is 15.4. The highest BCUT2D eigenvalue weighted by molar-refractivity contribution is 6.04. The summed E-state index contributed by atoms with van der Waals surface area (Å²) < 4.78 is 6.10. The second-order valence-corrected chi connectivity index (χ2v) is 11.3. The second-order valence-electron chi connectivity index (χ2n) is 11.3. The van der Waals surface area contributed by atoms with Gasteiger partial charge in [-0.15, -0.1) is 0 Å². The molecule has 5 aromatic carbocycles. The zero-order valence-electron chi connectivity index (χ0n) is 25.1. The van der Waals surface area contributed by atoms with Gasteiger partial charge in [-0.1, -0.05) is 121 Å². The van der Waals surface area contributed by atoms with E-state index >= 15 is 0 Å². The normalized spacial score (nSPS) is 11.4. The summed E-state index contributed by atoms with van der Waals surface area (Å²) in [6.07, 6.45) is 0. The highest BCUT2D eigenvalue weighted by atomic mass is 16.3. The molecule has 0 atom stereocenters. The van der Waals surface area contributed by atoms with Gasteiger partial charge in [-0.05, 0) is 30.3 Å². The number of fused-ring (bicyclic) bond motifs is 4. The Morgan fingerprint density at radius 1 is 0.383 bits per heavy atom. The zero-order chi connectivity index (χ0) is 31.2. The minimum atomic E-state index is 0.601. The maximum Gasteiger partial charge on any atom is 0.227 e. The van der Waals surface area contributed by atoms with Crippen LogP contribution in [0.15, 0.2) is 156 Å². The predicted molar refractivity (Wildman–Crippen MR) is 187 cm³/mol. The van der Waals surface area contributed by atoms with E-state index in [0.717, 1.165) is 66.5 Å². The van der Waals surface area contributed by atoms with Gasteiger partial charge in [0.05, 0.1) is 16.9 Å². The molecule has 0 N–H and O–H groups in total. The van der Waals surface area contributed by atoms with Crippen LogP contribution < -0.4 is 0 Å². The Balaban J connectivity index is 1.15. The van der Waals surface area contributed by atoms with Crippen LogP contribution in [0.1, 0.15) is 0 Å². The summed E-state index contributed by atoms with van der Waals surface area (Å²) in [5.41, 5.74) is 8.63. The standard InChI is InChI=1S/C41H25N5O/c1-3-11-27(12-4-1)38-44-39(28-13-5-2-6-14-28)46-40(45-38)30-17-9-16-29(25-30)34-23-21-26-15-10-19-33(37(26)42-34)35-24-22-32-31-18-7-8-20-36(31)47-41(32)43-35/h1-25H. The molecule has 0 aliphatic rings. The van der Waals surface area contributed by atoms with Crippen molar-refractivity contribution in [2.24, 2.45) is 0 Å². The van der Waals surface area contributed by atoms with E-state index in [1.807, 2.05) is 103 Å². The highest BCUT2D eigenvalue weighted by Crippen LogP contribution is 2.34. The van der Waals surface area contributed by atoms with Crippen LogP contribution in [0.4, 0.5) is 0 Å². The molecule has 6 nitrogen and oxygen atoms in total. The molecular formula is C41H25N5O. The summed E-state index contributed by atoms with van der Waals surface area (Å²) in [6, 6.07) is 50.7. The van der Waals surface area contributed by atoms with Crippen molar-refractivity contribution in [3.63, 3.8) is 0 Å². The van der Waals surface area contributed by atoms with E-state index in [1.165, 1.54) is 0 Å². The van der Waals surface area contributed by atoms with Crippen LogP contribution in [0, 0.1) is 0 Å². The van der Waals surface area contributed by atoms with Crippen molar-refractivity contribution in [1.82, 2.24) is 24.9 Å². The number of furan rings is 1. The molecule has 0 unspecified atom stereocenters. The number of para-hydroxylation sites is 2. The van der Waals surface area contributed by atoms with Crippen LogP contribution >= 0.6 is 0 Å². The molecule has 9 aromatic rings. The third-order valence-corrected chi connectivity index (χ3v) is 8.36. The fourth-order valence-corrected chi connectivity index (χ4v) is 6.03. The van der Waals surface area contributed by atoms with Crippen molar-refractivity contribution in [2.75, 3.05) is 0 Å². The van der Waals surface area contributed by atoms with E-state index in [4.69, 9.17) is 29.3 Å². The lowest BCUT2D eigenvalue weighted by Gasteiger charge is -2.10. The molecule has 0 saturated carbocycles. The number of nitrogens with zero attached hydrogens (tertiary/aromatic N) is 5. The lowest BCUT2D eigenvalue weighted by atomic mass is 10.0. The van der Waals surface area contributed by atoms with Gasteiger partial charge in [-0.2, -0.15) is 0 Å². The second kappa shape index (κ2) is 11.1. The third kappa shape index (κ3) is 4.89. The van der Waals surface area contributed by atoms with Gasteiger partial charge in [0, 0.05) is 44.0 Å². The maximum atomic E-state index is 6.10. The van der Waals surface area contributed by atoms with Gasteiger partial charge in [-0.3, -0.25) is 0 Å². The average molecular weight is 604 g/mol. The quantitative estimate of drug-likeness (QED) is 0.195. The molecule has 4 heterocycles. The molecule has 0 aliphatic carbocycles. The molecule has 9 rings (SSSR count). The Labute approximate surface area is 270 Å². The summed E-state index contributed by atoms with van der Waals surface area (Å²) in [5.74, 6) is 1.86. The lowest BCUT2D eigenvalue weighted by molar-refractivity contribution is 0.654. The van der Waals surface area contributed by atoms with Gasteiger partial charge in [0.15, 0.2) is 17.5 Å². The summed E-state index contributed by atoms with van der Waals surface area (Å²) in [4.78, 5) is 24.8. The van der Waals surface area contributed by atoms with Crippen LogP contribution in [-0.2, 0) is 0 Å². The highest BCUT2D eigenvalue weighted by Gasteiger charge is 2.15. The number of hydrogen-bond donors (Lipinski definition) is 0.